The van der Waals surface area contributed by atoms with Gasteiger partial charge in [0.15, 0.2) is 10.6 Å². The second-order valence-corrected chi connectivity index (χ2v) is 7.18. The van der Waals surface area contributed by atoms with Gasteiger partial charge in [-0.1, -0.05) is 0 Å². The predicted octanol–water partition coefficient (Wildman–Crippen LogP) is 3.53. The van der Waals surface area contributed by atoms with Crippen LogP contribution >= 0.6 is 12.2 Å². The lowest BCUT2D eigenvalue weighted by Crippen LogP contribution is -2.29. The number of nitrogens with zero attached hydrogens (tertiary/aromatic N) is 3. The quantitative estimate of drug-likeness (QED) is 0.174. The molecular formula is C21H24N6O4S. The molecule has 1 heterocycles. The number of carbonyl (C=O) groups excluding carboxylic acids is 1. The number of hydrogen-bond donors (Lipinski definition) is 3. The van der Waals surface area contributed by atoms with Gasteiger partial charge in [-0.2, -0.15) is 5.10 Å². The molecule has 0 fully saturated rings. The molecule has 1 aromatic heterocycles. The molecule has 0 radical (unpaired) electrons. The molecule has 3 aromatic rings. The molecule has 0 atom stereocenters. The summed E-state index contributed by atoms with van der Waals surface area (Å²) in [5, 5.41) is 23.7. The Morgan fingerprint density at radius 2 is 1.91 bits per heavy atom. The first-order chi connectivity index (χ1) is 15.5. The highest BCUT2D eigenvalue weighted by molar-refractivity contribution is 7.71. The zero-order chi connectivity index (χ0) is 22.9. The Labute approximate surface area is 189 Å². The first-order valence-corrected chi connectivity index (χ1v) is 10.5. The SMILES string of the molecule is CCOc1ccc(-c2n[nH]c(=S)n2CCC(=O)NCCNc2ccc([N+](=O)[O-])cc2)cc1. The zero-order valence-corrected chi connectivity index (χ0v) is 18.4. The minimum atomic E-state index is -0.447. The van der Waals surface area contributed by atoms with Crippen molar-refractivity contribution in [3.63, 3.8) is 0 Å². The third kappa shape index (κ3) is 6.14. The Morgan fingerprint density at radius 1 is 1.19 bits per heavy atom. The lowest BCUT2D eigenvalue weighted by Gasteiger charge is -2.10. The van der Waals surface area contributed by atoms with Crippen LogP contribution in [0.2, 0.25) is 0 Å². The molecule has 3 rings (SSSR count). The summed E-state index contributed by atoms with van der Waals surface area (Å²) < 4.78 is 7.70. The number of rotatable bonds is 11. The average Bonchev–Trinajstić information content (AvgIpc) is 3.16. The molecule has 0 aliphatic carbocycles. The standard InChI is InChI=1S/C21H24N6O4S/c1-2-31-18-9-3-15(4-10-18)20-24-25-21(32)26(20)14-11-19(28)23-13-12-22-16-5-7-17(8-6-16)27(29)30/h3-10,22H,2,11-14H2,1H3,(H,23,28)(H,25,32). The maximum absolute atomic E-state index is 12.2. The Bertz CT molecular complexity index is 1110. The van der Waals surface area contributed by atoms with E-state index < -0.39 is 4.92 Å². The Morgan fingerprint density at radius 3 is 2.56 bits per heavy atom. The number of carbonyl (C=O) groups is 1. The van der Waals surface area contributed by atoms with Crippen LogP contribution in [0, 0.1) is 14.9 Å². The van der Waals surface area contributed by atoms with E-state index in [2.05, 4.69) is 20.8 Å². The smallest absolute Gasteiger partial charge is 0.269 e. The molecule has 0 saturated carbocycles. The van der Waals surface area contributed by atoms with Gasteiger partial charge in [0.25, 0.3) is 5.69 Å². The van der Waals surface area contributed by atoms with Crippen molar-refractivity contribution >= 4 is 29.5 Å². The molecule has 0 saturated heterocycles. The van der Waals surface area contributed by atoms with Gasteiger partial charge in [-0.3, -0.25) is 24.6 Å². The number of nitro groups is 1. The van der Waals surface area contributed by atoms with E-state index in [-0.39, 0.29) is 18.0 Å². The maximum atomic E-state index is 12.2. The summed E-state index contributed by atoms with van der Waals surface area (Å²) in [6.45, 7) is 3.82. The highest BCUT2D eigenvalue weighted by Crippen LogP contribution is 2.21. The van der Waals surface area contributed by atoms with Gasteiger partial charge in [-0.05, 0) is 55.5 Å². The lowest BCUT2D eigenvalue weighted by atomic mass is 10.2. The molecule has 0 bridgehead atoms. The Hall–Kier alpha value is -3.73. The Balaban J connectivity index is 1.47. The van der Waals surface area contributed by atoms with Crippen LogP contribution in [-0.2, 0) is 11.3 Å². The largest absolute Gasteiger partial charge is 0.494 e. The molecule has 168 valence electrons. The van der Waals surface area contributed by atoms with E-state index in [0.29, 0.717) is 36.8 Å². The van der Waals surface area contributed by atoms with Crippen LogP contribution in [0.1, 0.15) is 13.3 Å². The Kier molecular flexibility index (Phi) is 7.92. The van der Waals surface area contributed by atoms with E-state index >= 15 is 0 Å². The zero-order valence-electron chi connectivity index (χ0n) is 17.5. The fourth-order valence-electron chi connectivity index (χ4n) is 3.02. The third-order valence-corrected chi connectivity index (χ3v) is 4.91. The average molecular weight is 457 g/mol. The van der Waals surface area contributed by atoms with Crippen LogP contribution in [0.5, 0.6) is 5.75 Å². The molecule has 0 spiro atoms. The van der Waals surface area contributed by atoms with Crippen molar-refractivity contribution in [1.29, 1.82) is 0 Å². The van der Waals surface area contributed by atoms with Crippen LogP contribution in [0.3, 0.4) is 0 Å². The summed E-state index contributed by atoms with van der Waals surface area (Å²) in [5.41, 5.74) is 1.65. The van der Waals surface area contributed by atoms with Gasteiger partial charge in [0.1, 0.15) is 5.75 Å². The number of H-pyrrole nitrogens is 1. The van der Waals surface area contributed by atoms with E-state index in [1.165, 1.54) is 12.1 Å². The number of nitrogens with one attached hydrogen (secondary N) is 3. The number of benzene rings is 2. The summed E-state index contributed by atoms with van der Waals surface area (Å²) in [4.78, 5) is 22.5. The third-order valence-electron chi connectivity index (χ3n) is 4.60. The van der Waals surface area contributed by atoms with E-state index in [9.17, 15) is 14.9 Å². The van der Waals surface area contributed by atoms with Gasteiger partial charge in [0.05, 0.1) is 11.5 Å². The van der Waals surface area contributed by atoms with Crippen molar-refractivity contribution in [2.45, 2.75) is 19.9 Å². The molecular weight excluding hydrogens is 432 g/mol. The number of nitro benzene ring substituents is 1. The first-order valence-electron chi connectivity index (χ1n) is 10.1. The number of amides is 1. The van der Waals surface area contributed by atoms with E-state index in [1.54, 1.807) is 16.7 Å². The van der Waals surface area contributed by atoms with Crippen molar-refractivity contribution in [2.75, 3.05) is 25.0 Å². The second-order valence-electron chi connectivity index (χ2n) is 6.79. The van der Waals surface area contributed by atoms with Crippen LogP contribution < -0.4 is 15.4 Å². The second kappa shape index (κ2) is 11.0. The molecule has 10 nitrogen and oxygen atoms in total. The fraction of sp³-hybridized carbons (Fsp3) is 0.286. The number of ether oxygens (including phenoxy) is 1. The van der Waals surface area contributed by atoms with Gasteiger partial charge >= 0.3 is 0 Å². The van der Waals surface area contributed by atoms with Gasteiger partial charge in [-0.15, -0.1) is 0 Å². The first kappa shape index (κ1) is 22.9. The monoisotopic (exact) mass is 456 g/mol. The minimum Gasteiger partial charge on any atom is -0.494 e. The van der Waals surface area contributed by atoms with Crippen molar-refractivity contribution in [3.05, 3.63) is 63.4 Å². The molecule has 2 aromatic carbocycles. The maximum Gasteiger partial charge on any atom is 0.269 e. The van der Waals surface area contributed by atoms with Crippen molar-refractivity contribution < 1.29 is 14.5 Å². The van der Waals surface area contributed by atoms with Crippen LogP contribution in [0.25, 0.3) is 11.4 Å². The van der Waals surface area contributed by atoms with Crippen LogP contribution in [0.15, 0.2) is 48.5 Å². The number of non-ortho nitro benzene ring substituents is 1. The molecule has 0 unspecified atom stereocenters. The normalized spacial score (nSPS) is 10.5. The topological polar surface area (TPSA) is 127 Å². The summed E-state index contributed by atoms with van der Waals surface area (Å²) in [6.07, 6.45) is 0.245. The number of aromatic nitrogens is 3. The van der Waals surface area contributed by atoms with E-state index in [4.69, 9.17) is 17.0 Å². The van der Waals surface area contributed by atoms with Crippen LogP contribution in [-0.4, -0.2) is 45.3 Å². The van der Waals surface area contributed by atoms with Crippen LogP contribution in [0.4, 0.5) is 11.4 Å². The minimum absolute atomic E-state index is 0.0336. The molecule has 32 heavy (non-hydrogen) atoms. The number of aromatic amines is 1. The van der Waals surface area contributed by atoms with Crippen molar-refractivity contribution in [3.8, 4) is 17.1 Å². The van der Waals surface area contributed by atoms with E-state index in [0.717, 1.165) is 17.0 Å². The number of hydrogen-bond acceptors (Lipinski definition) is 7. The molecule has 0 aliphatic rings. The fourth-order valence-corrected chi connectivity index (χ4v) is 3.25. The molecule has 1 amide bonds. The molecule has 3 N–H and O–H groups in total. The molecule has 0 aliphatic heterocycles. The predicted molar refractivity (Wildman–Crippen MR) is 123 cm³/mol. The van der Waals surface area contributed by atoms with Gasteiger partial charge < -0.3 is 15.4 Å². The van der Waals surface area contributed by atoms with Gasteiger partial charge in [-0.25, -0.2) is 0 Å². The van der Waals surface area contributed by atoms with Crippen molar-refractivity contribution in [2.24, 2.45) is 0 Å². The highest BCUT2D eigenvalue weighted by atomic mass is 32.1. The summed E-state index contributed by atoms with van der Waals surface area (Å²) in [6, 6.07) is 13.6. The summed E-state index contributed by atoms with van der Waals surface area (Å²) >= 11 is 5.31. The molecule has 11 heteroatoms. The highest BCUT2D eigenvalue weighted by Gasteiger charge is 2.11. The van der Waals surface area contributed by atoms with Gasteiger partial charge in [0, 0.05) is 49.4 Å². The number of anilines is 1. The lowest BCUT2D eigenvalue weighted by molar-refractivity contribution is -0.384. The summed E-state index contributed by atoms with van der Waals surface area (Å²) in [5.74, 6) is 1.32. The summed E-state index contributed by atoms with van der Waals surface area (Å²) in [7, 11) is 0. The van der Waals surface area contributed by atoms with E-state index in [1.807, 2.05) is 31.2 Å². The van der Waals surface area contributed by atoms with Crippen molar-refractivity contribution in [1.82, 2.24) is 20.1 Å². The van der Waals surface area contributed by atoms with Gasteiger partial charge in [0.2, 0.25) is 5.91 Å².